The first-order valence-electron chi connectivity index (χ1n) is 9.29. The number of carbonyl (C=O) groups excluding carboxylic acids is 1. The first-order chi connectivity index (χ1) is 12.2. The molecule has 3 N–H and O–H groups in total. The Morgan fingerprint density at radius 3 is 2.38 bits per heavy atom. The van der Waals surface area contributed by atoms with Crippen molar-refractivity contribution in [2.24, 2.45) is 17.6 Å². The maximum atomic E-state index is 13.1. The smallest absolute Gasteiger partial charge is 0.252 e. The van der Waals surface area contributed by atoms with E-state index in [0.29, 0.717) is 17.9 Å². The Balaban J connectivity index is 0.00000196. The fraction of sp³-hybridized carbons (Fsp3) is 0.476. The molecule has 2 aliphatic rings. The summed E-state index contributed by atoms with van der Waals surface area (Å²) in [7, 11) is 1.66. The average molecular weight is 375 g/mol. The van der Waals surface area contributed by atoms with Gasteiger partial charge in [-0.05, 0) is 55.0 Å². The van der Waals surface area contributed by atoms with Crippen molar-refractivity contribution >= 4 is 29.1 Å². The summed E-state index contributed by atoms with van der Waals surface area (Å²) in [6, 6.07) is 12.2. The molecule has 2 fully saturated rings. The molecule has 26 heavy (non-hydrogen) atoms. The number of carbonyl (C=O) groups is 1. The van der Waals surface area contributed by atoms with Crippen molar-refractivity contribution in [3.8, 4) is 5.75 Å². The van der Waals surface area contributed by atoms with E-state index in [1.807, 2.05) is 36.4 Å². The van der Waals surface area contributed by atoms with E-state index in [0.717, 1.165) is 34.9 Å². The highest BCUT2D eigenvalue weighted by Gasteiger charge is 2.40. The van der Waals surface area contributed by atoms with Crippen LogP contribution in [0.15, 0.2) is 36.4 Å². The molecule has 4 nitrogen and oxygen atoms in total. The average Bonchev–Trinajstić information content (AvgIpc) is 2.61. The van der Waals surface area contributed by atoms with Crippen LogP contribution in [0.5, 0.6) is 5.75 Å². The Morgan fingerprint density at radius 1 is 1.08 bits per heavy atom. The highest BCUT2D eigenvalue weighted by Crippen LogP contribution is 2.40. The number of rotatable bonds is 3. The Hall–Kier alpha value is -1.78. The molecule has 0 spiro atoms. The lowest BCUT2D eigenvalue weighted by molar-refractivity contribution is 0.0757. The van der Waals surface area contributed by atoms with Gasteiger partial charge in [-0.25, -0.2) is 0 Å². The molecule has 2 aromatic carbocycles. The van der Waals surface area contributed by atoms with Crippen LogP contribution < -0.4 is 15.8 Å². The van der Waals surface area contributed by atoms with E-state index in [2.05, 4.69) is 5.32 Å². The number of methoxy groups -OCH3 is 1. The summed E-state index contributed by atoms with van der Waals surface area (Å²) >= 11 is 0. The Morgan fingerprint density at radius 2 is 1.73 bits per heavy atom. The first-order valence-corrected chi connectivity index (χ1v) is 9.29. The number of hydrogen-bond donors (Lipinski definition) is 2. The van der Waals surface area contributed by atoms with Crippen LogP contribution in [0.1, 0.15) is 42.5 Å². The third-order valence-electron chi connectivity index (χ3n) is 6.02. The maximum Gasteiger partial charge on any atom is 0.252 e. The van der Waals surface area contributed by atoms with Gasteiger partial charge in [0, 0.05) is 23.0 Å². The molecule has 2 aliphatic carbocycles. The Bertz CT molecular complexity index is 781. The molecule has 2 unspecified atom stereocenters. The molecule has 2 bridgehead atoms. The SMILES string of the molecule is COc1ccc(C(=O)NC2C3CCCC2CC(N)C3)c2ccccc12.Cl. The molecule has 0 saturated heterocycles. The quantitative estimate of drug-likeness (QED) is 0.856. The monoisotopic (exact) mass is 374 g/mol. The molecule has 5 heteroatoms. The number of hydrogen-bond acceptors (Lipinski definition) is 3. The topological polar surface area (TPSA) is 64.3 Å². The van der Waals surface area contributed by atoms with Gasteiger partial charge >= 0.3 is 0 Å². The van der Waals surface area contributed by atoms with E-state index in [1.165, 1.54) is 19.3 Å². The van der Waals surface area contributed by atoms with Gasteiger partial charge < -0.3 is 15.8 Å². The summed E-state index contributed by atoms with van der Waals surface area (Å²) in [4.78, 5) is 13.1. The molecule has 0 heterocycles. The van der Waals surface area contributed by atoms with Crippen molar-refractivity contribution in [3.05, 3.63) is 42.0 Å². The summed E-state index contributed by atoms with van der Waals surface area (Å²) < 4.78 is 5.44. The predicted octanol–water partition coefficient (Wildman–Crippen LogP) is 3.91. The van der Waals surface area contributed by atoms with Crippen LogP contribution in [0.4, 0.5) is 0 Å². The number of amides is 1. The highest BCUT2D eigenvalue weighted by molar-refractivity contribution is 6.08. The lowest BCUT2D eigenvalue weighted by atomic mass is 9.67. The minimum atomic E-state index is 0. The third kappa shape index (κ3) is 3.40. The third-order valence-corrected chi connectivity index (χ3v) is 6.02. The molecule has 2 aromatic rings. The van der Waals surface area contributed by atoms with Crippen molar-refractivity contribution in [1.29, 1.82) is 0 Å². The van der Waals surface area contributed by atoms with Crippen molar-refractivity contribution in [2.45, 2.75) is 44.2 Å². The number of fused-ring (bicyclic) bond motifs is 3. The molecule has 2 saturated carbocycles. The van der Waals surface area contributed by atoms with E-state index >= 15 is 0 Å². The largest absolute Gasteiger partial charge is 0.496 e. The molecule has 0 aromatic heterocycles. The van der Waals surface area contributed by atoms with Gasteiger partial charge in [0.1, 0.15) is 5.75 Å². The maximum absolute atomic E-state index is 13.1. The zero-order valence-electron chi connectivity index (χ0n) is 15.1. The van der Waals surface area contributed by atoms with Crippen LogP contribution in [0.25, 0.3) is 10.8 Å². The normalized spacial score (nSPS) is 27.5. The zero-order valence-corrected chi connectivity index (χ0v) is 15.9. The number of halogens is 1. The fourth-order valence-electron chi connectivity index (χ4n) is 4.90. The summed E-state index contributed by atoms with van der Waals surface area (Å²) in [5.74, 6) is 1.87. The second-order valence-corrected chi connectivity index (χ2v) is 7.54. The molecule has 0 radical (unpaired) electrons. The van der Waals surface area contributed by atoms with Gasteiger partial charge in [0.15, 0.2) is 0 Å². The van der Waals surface area contributed by atoms with Gasteiger partial charge in [-0.3, -0.25) is 4.79 Å². The van der Waals surface area contributed by atoms with Crippen molar-refractivity contribution in [3.63, 3.8) is 0 Å². The van der Waals surface area contributed by atoms with Gasteiger partial charge in [-0.1, -0.05) is 30.7 Å². The van der Waals surface area contributed by atoms with E-state index < -0.39 is 0 Å². The second-order valence-electron chi connectivity index (χ2n) is 7.54. The Labute approximate surface area is 160 Å². The minimum Gasteiger partial charge on any atom is -0.496 e. The minimum absolute atomic E-state index is 0. The molecule has 2 atom stereocenters. The first kappa shape index (κ1) is 19.0. The molecular weight excluding hydrogens is 348 g/mol. The molecule has 140 valence electrons. The number of benzene rings is 2. The highest BCUT2D eigenvalue weighted by atomic mass is 35.5. The van der Waals surface area contributed by atoms with Crippen molar-refractivity contribution < 1.29 is 9.53 Å². The predicted molar refractivity (Wildman–Crippen MR) is 107 cm³/mol. The van der Waals surface area contributed by atoms with E-state index in [-0.39, 0.29) is 24.4 Å². The molecule has 4 rings (SSSR count). The van der Waals surface area contributed by atoms with E-state index in [9.17, 15) is 4.79 Å². The van der Waals surface area contributed by atoms with Crippen LogP contribution >= 0.6 is 12.4 Å². The van der Waals surface area contributed by atoms with Gasteiger partial charge in [0.25, 0.3) is 5.91 Å². The molecular formula is C21H27ClN2O2. The summed E-state index contributed by atoms with van der Waals surface area (Å²) in [6.07, 6.45) is 5.69. The van der Waals surface area contributed by atoms with Crippen LogP contribution in [0, 0.1) is 11.8 Å². The molecule has 1 amide bonds. The van der Waals surface area contributed by atoms with Crippen LogP contribution in [0.2, 0.25) is 0 Å². The summed E-state index contributed by atoms with van der Waals surface area (Å²) in [5, 5.41) is 5.27. The van der Waals surface area contributed by atoms with E-state index in [1.54, 1.807) is 7.11 Å². The van der Waals surface area contributed by atoms with E-state index in [4.69, 9.17) is 10.5 Å². The van der Waals surface area contributed by atoms with Gasteiger partial charge in [-0.15, -0.1) is 12.4 Å². The van der Waals surface area contributed by atoms with Crippen LogP contribution in [-0.2, 0) is 0 Å². The summed E-state index contributed by atoms with van der Waals surface area (Å²) in [6.45, 7) is 0. The lowest BCUT2D eigenvalue weighted by Crippen LogP contribution is -2.53. The number of ether oxygens (including phenoxy) is 1. The summed E-state index contributed by atoms with van der Waals surface area (Å²) in [5.41, 5.74) is 6.94. The number of nitrogens with one attached hydrogen (secondary N) is 1. The van der Waals surface area contributed by atoms with Gasteiger partial charge in [0.2, 0.25) is 0 Å². The second kappa shape index (κ2) is 7.85. The molecule has 0 aliphatic heterocycles. The van der Waals surface area contributed by atoms with Gasteiger partial charge in [-0.2, -0.15) is 0 Å². The standard InChI is InChI=1S/C21H26N2O2.ClH/c1-25-19-10-9-18(16-7-2-3-8-17(16)19)21(24)23-20-13-5-4-6-14(20)12-15(22)11-13;/h2-3,7-10,13-15,20H,4-6,11-12,22H2,1H3,(H,23,24);1H. The van der Waals surface area contributed by atoms with Crippen molar-refractivity contribution in [2.75, 3.05) is 7.11 Å². The van der Waals surface area contributed by atoms with Crippen LogP contribution in [0.3, 0.4) is 0 Å². The zero-order chi connectivity index (χ0) is 17.4. The fourth-order valence-corrected chi connectivity index (χ4v) is 4.90. The van der Waals surface area contributed by atoms with Crippen molar-refractivity contribution in [1.82, 2.24) is 5.32 Å². The Kier molecular flexibility index (Phi) is 5.73. The lowest BCUT2D eigenvalue weighted by Gasteiger charge is -2.45. The number of nitrogens with two attached hydrogens (primary N) is 1. The van der Waals surface area contributed by atoms with Crippen LogP contribution in [-0.4, -0.2) is 25.1 Å². The van der Waals surface area contributed by atoms with Gasteiger partial charge in [0.05, 0.1) is 7.11 Å².